The van der Waals surface area contributed by atoms with Gasteiger partial charge in [-0.3, -0.25) is 4.79 Å². The smallest absolute Gasteiger partial charge is 0.329 e. The van der Waals surface area contributed by atoms with Crippen LogP contribution in [0.1, 0.15) is 34.5 Å². The second kappa shape index (κ2) is 10.8. The van der Waals surface area contributed by atoms with E-state index < -0.39 is 21.6 Å². The normalized spacial score (nSPS) is 15.7. The molecule has 7 rings (SSSR count). The Bertz CT molecular complexity index is 2010. The van der Waals surface area contributed by atoms with Crippen LogP contribution in [0.2, 0.25) is 5.02 Å². The number of fused-ring (bicyclic) bond motifs is 3. The Balaban J connectivity index is 1.13. The summed E-state index contributed by atoms with van der Waals surface area (Å²) >= 11 is 7.52. The summed E-state index contributed by atoms with van der Waals surface area (Å²) in [5, 5.41) is 8.57. The van der Waals surface area contributed by atoms with E-state index in [9.17, 15) is 18.0 Å². The SMILES string of the molecule is CN1CCc2c(n(-c3ccc(CC4(NC(=O)NS(=O)(=O)c5ccc(Cl)cc5)CC4)cc3)c3ccc(-c4ccsc4)cc23)C1=O. The van der Waals surface area contributed by atoms with Crippen LogP contribution in [0.25, 0.3) is 27.7 Å². The highest BCUT2D eigenvalue weighted by atomic mass is 35.5. The Hall–Kier alpha value is -4.12. The molecule has 0 bridgehead atoms. The van der Waals surface area contributed by atoms with Crippen molar-refractivity contribution in [3.05, 3.63) is 105 Å². The molecule has 0 atom stereocenters. The number of aromatic nitrogens is 1. The monoisotopic (exact) mass is 644 g/mol. The zero-order valence-corrected chi connectivity index (χ0v) is 26.2. The van der Waals surface area contributed by atoms with Crippen molar-refractivity contribution in [1.82, 2.24) is 19.5 Å². The number of hydrogen-bond donors (Lipinski definition) is 2. The van der Waals surface area contributed by atoms with E-state index in [0.29, 0.717) is 23.7 Å². The molecule has 2 aromatic heterocycles. The molecule has 3 amide bonds. The van der Waals surface area contributed by atoms with Crippen molar-refractivity contribution >= 4 is 55.8 Å². The molecule has 0 saturated heterocycles. The van der Waals surface area contributed by atoms with Gasteiger partial charge in [0, 0.05) is 35.2 Å². The molecule has 2 aliphatic rings. The minimum atomic E-state index is -4.03. The zero-order valence-electron chi connectivity index (χ0n) is 23.8. The first-order chi connectivity index (χ1) is 21.1. The Labute approximate surface area is 264 Å². The van der Waals surface area contributed by atoms with Gasteiger partial charge in [-0.25, -0.2) is 17.9 Å². The van der Waals surface area contributed by atoms with Gasteiger partial charge in [-0.15, -0.1) is 0 Å². The number of nitrogens with one attached hydrogen (secondary N) is 2. The van der Waals surface area contributed by atoms with E-state index in [1.807, 2.05) is 31.3 Å². The molecule has 3 aromatic carbocycles. The Morgan fingerprint density at radius 2 is 1.75 bits per heavy atom. The topological polar surface area (TPSA) is 101 Å². The number of rotatable bonds is 7. The predicted octanol–water partition coefficient (Wildman–Crippen LogP) is 6.40. The van der Waals surface area contributed by atoms with E-state index in [0.717, 1.165) is 52.5 Å². The molecule has 0 unspecified atom stereocenters. The second-order valence-electron chi connectivity index (χ2n) is 11.5. The summed E-state index contributed by atoms with van der Waals surface area (Å²) in [6.07, 6.45) is 2.83. The number of amides is 3. The van der Waals surface area contributed by atoms with Crippen molar-refractivity contribution in [3.8, 4) is 16.8 Å². The van der Waals surface area contributed by atoms with Crippen molar-refractivity contribution < 1.29 is 18.0 Å². The molecule has 8 nitrogen and oxygen atoms in total. The van der Waals surface area contributed by atoms with E-state index in [-0.39, 0.29) is 10.8 Å². The lowest BCUT2D eigenvalue weighted by Gasteiger charge is -2.24. The van der Waals surface area contributed by atoms with Crippen LogP contribution in [0.3, 0.4) is 0 Å². The molecule has 1 saturated carbocycles. The lowest BCUT2D eigenvalue weighted by Crippen LogP contribution is -2.46. The molecule has 1 fully saturated rings. The highest BCUT2D eigenvalue weighted by Gasteiger charge is 2.44. The Morgan fingerprint density at radius 3 is 2.43 bits per heavy atom. The molecular formula is C33H29ClN4O4S2. The van der Waals surface area contributed by atoms with Crippen LogP contribution in [-0.4, -0.2) is 49.0 Å². The molecule has 1 aliphatic carbocycles. The highest BCUT2D eigenvalue weighted by molar-refractivity contribution is 7.90. The Kier molecular flexibility index (Phi) is 7.03. The molecule has 3 heterocycles. The maximum Gasteiger partial charge on any atom is 0.329 e. The van der Waals surface area contributed by atoms with E-state index in [2.05, 4.69) is 49.6 Å². The van der Waals surface area contributed by atoms with Crippen LogP contribution < -0.4 is 10.0 Å². The number of thiophene rings is 1. The van der Waals surface area contributed by atoms with Gasteiger partial charge in [0.15, 0.2) is 0 Å². The highest BCUT2D eigenvalue weighted by Crippen LogP contribution is 2.40. The third-order valence-electron chi connectivity index (χ3n) is 8.49. The first kappa shape index (κ1) is 28.6. The molecule has 44 heavy (non-hydrogen) atoms. The summed E-state index contributed by atoms with van der Waals surface area (Å²) in [5.41, 5.74) is 6.43. The Morgan fingerprint density at radius 1 is 1.00 bits per heavy atom. The van der Waals surface area contributed by atoms with Crippen molar-refractivity contribution in [2.24, 2.45) is 0 Å². The lowest BCUT2D eigenvalue weighted by molar-refractivity contribution is 0.0773. The first-order valence-corrected chi connectivity index (χ1v) is 17.1. The van der Waals surface area contributed by atoms with Gasteiger partial charge < -0.3 is 14.8 Å². The fraction of sp³-hybridized carbons (Fsp3) is 0.212. The number of nitrogens with zero attached hydrogens (tertiary/aromatic N) is 2. The number of benzene rings is 3. The summed E-state index contributed by atoms with van der Waals surface area (Å²) in [4.78, 5) is 27.9. The van der Waals surface area contributed by atoms with Gasteiger partial charge in [0.25, 0.3) is 15.9 Å². The molecule has 2 N–H and O–H groups in total. The van der Waals surface area contributed by atoms with Crippen LogP contribution in [0.5, 0.6) is 0 Å². The van der Waals surface area contributed by atoms with Crippen LogP contribution in [0.4, 0.5) is 4.79 Å². The van der Waals surface area contributed by atoms with Crippen molar-refractivity contribution in [3.63, 3.8) is 0 Å². The van der Waals surface area contributed by atoms with E-state index in [1.165, 1.54) is 29.8 Å². The first-order valence-electron chi connectivity index (χ1n) is 14.3. The molecular weight excluding hydrogens is 616 g/mol. The van der Waals surface area contributed by atoms with E-state index in [4.69, 9.17) is 11.6 Å². The fourth-order valence-corrected chi connectivity index (χ4v) is 7.68. The molecule has 5 aromatic rings. The average Bonchev–Trinajstić information content (AvgIpc) is 3.38. The summed E-state index contributed by atoms with van der Waals surface area (Å²) in [5.74, 6) is 0.00399. The predicted molar refractivity (Wildman–Crippen MR) is 173 cm³/mol. The summed E-state index contributed by atoms with van der Waals surface area (Å²) in [7, 11) is -2.19. The number of hydrogen-bond acceptors (Lipinski definition) is 5. The third-order valence-corrected chi connectivity index (χ3v) is 10.8. The van der Waals surface area contributed by atoms with Gasteiger partial charge in [-0.1, -0.05) is 29.8 Å². The number of carbonyl (C=O) groups excluding carboxylic acids is 2. The third kappa shape index (κ3) is 5.27. The number of halogens is 1. The number of urea groups is 1. The van der Waals surface area contributed by atoms with E-state index >= 15 is 0 Å². The molecule has 0 radical (unpaired) electrons. The molecule has 224 valence electrons. The largest absolute Gasteiger partial charge is 0.340 e. The quantitative estimate of drug-likeness (QED) is 0.214. The van der Waals surface area contributed by atoms with Gasteiger partial charge in [-0.2, -0.15) is 11.3 Å². The van der Waals surface area contributed by atoms with Gasteiger partial charge in [0.1, 0.15) is 5.69 Å². The van der Waals surface area contributed by atoms with Gasteiger partial charge in [0.2, 0.25) is 0 Å². The van der Waals surface area contributed by atoms with Crippen molar-refractivity contribution in [1.29, 1.82) is 0 Å². The maximum absolute atomic E-state index is 13.5. The van der Waals surface area contributed by atoms with Crippen LogP contribution >= 0.6 is 22.9 Å². The fourth-order valence-electron chi connectivity index (χ4n) is 5.98. The summed E-state index contributed by atoms with van der Waals surface area (Å²) in [6, 6.07) is 21.4. The van der Waals surface area contributed by atoms with E-state index in [1.54, 1.807) is 16.2 Å². The van der Waals surface area contributed by atoms with Gasteiger partial charge >= 0.3 is 6.03 Å². The maximum atomic E-state index is 13.5. The summed E-state index contributed by atoms with van der Waals surface area (Å²) in [6.45, 7) is 0.677. The minimum absolute atomic E-state index is 0.00399. The second-order valence-corrected chi connectivity index (χ2v) is 14.4. The number of sulfonamides is 1. The molecule has 11 heteroatoms. The van der Waals surface area contributed by atoms with Crippen LogP contribution in [0, 0.1) is 0 Å². The van der Waals surface area contributed by atoms with Crippen LogP contribution in [0.15, 0.2) is 88.5 Å². The lowest BCUT2D eigenvalue weighted by atomic mass is 10.0. The standard InChI is InChI=1S/C33H29ClN4O4S2/c1-37-16-12-27-28-18-22(23-13-17-43-20-23)4-11-29(28)38(30(27)31(37)39)25-7-2-21(3-8-25)19-33(14-15-33)35-32(40)36-44(41,42)26-9-5-24(34)6-10-26/h2-11,13,17-18,20H,12,14-16,19H2,1H3,(H2,35,36,40). The van der Waals surface area contributed by atoms with Crippen LogP contribution in [-0.2, 0) is 22.9 Å². The number of carbonyl (C=O) groups is 2. The van der Waals surface area contributed by atoms with Crippen molar-refractivity contribution in [2.45, 2.75) is 36.1 Å². The minimum Gasteiger partial charge on any atom is -0.340 e. The van der Waals surface area contributed by atoms with Crippen molar-refractivity contribution in [2.75, 3.05) is 13.6 Å². The van der Waals surface area contributed by atoms with Gasteiger partial charge in [-0.05, 0) is 113 Å². The average molecular weight is 645 g/mol. The molecule has 1 aliphatic heterocycles. The number of likely N-dealkylation sites (N-methyl/N-ethyl adjacent to an activating group) is 1. The summed E-state index contributed by atoms with van der Waals surface area (Å²) < 4.78 is 29.5. The zero-order chi connectivity index (χ0) is 30.6. The molecule has 0 spiro atoms. The van der Waals surface area contributed by atoms with Gasteiger partial charge in [0.05, 0.1) is 10.4 Å².